The summed E-state index contributed by atoms with van der Waals surface area (Å²) >= 11 is 0. The average molecular weight is 268 g/mol. The van der Waals surface area contributed by atoms with Crippen molar-refractivity contribution in [3.8, 4) is 0 Å². The molecule has 1 amide bonds. The van der Waals surface area contributed by atoms with Crippen LogP contribution in [0.25, 0.3) is 0 Å². The predicted octanol–water partition coefficient (Wildman–Crippen LogP) is 1.97. The van der Waals surface area contributed by atoms with Crippen molar-refractivity contribution in [2.24, 2.45) is 11.1 Å². The van der Waals surface area contributed by atoms with Crippen molar-refractivity contribution in [3.05, 3.63) is 0 Å². The number of hydrogen-bond donors (Lipinski definition) is 2. The first-order valence-corrected chi connectivity index (χ1v) is 7.62. The van der Waals surface area contributed by atoms with E-state index in [1.165, 1.54) is 0 Å². The SMILES string of the molecule is CC1(C)CCC(CN)(OC2CCCCNC2=O)CC1. The predicted molar refractivity (Wildman–Crippen MR) is 75.8 cm³/mol. The van der Waals surface area contributed by atoms with Crippen molar-refractivity contribution in [3.63, 3.8) is 0 Å². The van der Waals surface area contributed by atoms with Crippen molar-refractivity contribution >= 4 is 5.91 Å². The van der Waals surface area contributed by atoms with Crippen LogP contribution in [0.1, 0.15) is 58.8 Å². The number of nitrogens with two attached hydrogens (primary N) is 1. The van der Waals surface area contributed by atoms with Crippen LogP contribution < -0.4 is 11.1 Å². The fourth-order valence-electron chi connectivity index (χ4n) is 3.08. The molecular weight excluding hydrogens is 240 g/mol. The molecule has 1 saturated carbocycles. The Morgan fingerprint density at radius 1 is 1.26 bits per heavy atom. The number of hydrogen-bond acceptors (Lipinski definition) is 3. The van der Waals surface area contributed by atoms with E-state index in [9.17, 15) is 4.79 Å². The zero-order valence-corrected chi connectivity index (χ0v) is 12.3. The van der Waals surface area contributed by atoms with Crippen LogP contribution in [0.3, 0.4) is 0 Å². The largest absolute Gasteiger partial charge is 0.361 e. The van der Waals surface area contributed by atoms with Gasteiger partial charge < -0.3 is 15.8 Å². The lowest BCUT2D eigenvalue weighted by molar-refractivity contribution is -0.155. The third kappa shape index (κ3) is 3.69. The summed E-state index contributed by atoms with van der Waals surface area (Å²) in [6, 6.07) is 0. The molecule has 0 radical (unpaired) electrons. The zero-order chi connectivity index (χ0) is 13.9. The van der Waals surface area contributed by atoms with Crippen LogP contribution in [0.15, 0.2) is 0 Å². The van der Waals surface area contributed by atoms with Gasteiger partial charge in [-0.1, -0.05) is 13.8 Å². The number of rotatable bonds is 3. The van der Waals surface area contributed by atoms with Crippen LogP contribution in [0, 0.1) is 5.41 Å². The van der Waals surface area contributed by atoms with E-state index in [0.29, 0.717) is 12.0 Å². The molecule has 4 nitrogen and oxygen atoms in total. The summed E-state index contributed by atoms with van der Waals surface area (Å²) in [4.78, 5) is 12.0. The van der Waals surface area contributed by atoms with Crippen LogP contribution >= 0.6 is 0 Å². The van der Waals surface area contributed by atoms with Gasteiger partial charge in [0, 0.05) is 13.1 Å². The lowest BCUT2D eigenvalue weighted by atomic mass is 9.71. The lowest BCUT2D eigenvalue weighted by Gasteiger charge is -2.44. The van der Waals surface area contributed by atoms with E-state index in [2.05, 4.69) is 19.2 Å². The fraction of sp³-hybridized carbons (Fsp3) is 0.933. The quantitative estimate of drug-likeness (QED) is 0.822. The van der Waals surface area contributed by atoms with E-state index in [1.54, 1.807) is 0 Å². The van der Waals surface area contributed by atoms with Crippen molar-refractivity contribution in [2.75, 3.05) is 13.1 Å². The molecule has 1 atom stereocenters. The molecule has 0 spiro atoms. The Morgan fingerprint density at radius 2 is 1.95 bits per heavy atom. The highest BCUT2D eigenvalue weighted by atomic mass is 16.5. The number of carbonyl (C=O) groups excluding carboxylic acids is 1. The Balaban J connectivity index is 2.00. The van der Waals surface area contributed by atoms with Gasteiger partial charge in [0.15, 0.2) is 0 Å². The highest BCUT2D eigenvalue weighted by Gasteiger charge is 2.41. The molecule has 1 unspecified atom stereocenters. The van der Waals surface area contributed by atoms with Crippen molar-refractivity contribution < 1.29 is 9.53 Å². The summed E-state index contributed by atoms with van der Waals surface area (Å²) in [7, 11) is 0. The molecule has 1 saturated heterocycles. The lowest BCUT2D eigenvalue weighted by Crippen LogP contribution is -2.50. The molecule has 4 heteroatoms. The number of ether oxygens (including phenoxy) is 1. The summed E-state index contributed by atoms with van der Waals surface area (Å²) in [5.41, 5.74) is 6.08. The first kappa shape index (κ1) is 14.8. The molecule has 110 valence electrons. The molecule has 1 aliphatic carbocycles. The molecule has 1 aliphatic heterocycles. The first-order chi connectivity index (χ1) is 8.96. The smallest absolute Gasteiger partial charge is 0.249 e. The van der Waals surface area contributed by atoms with Gasteiger partial charge in [0.05, 0.1) is 5.60 Å². The van der Waals surface area contributed by atoms with Gasteiger partial charge in [0.2, 0.25) is 5.91 Å². The maximum Gasteiger partial charge on any atom is 0.249 e. The topological polar surface area (TPSA) is 64.3 Å². The standard InChI is InChI=1S/C15H28N2O2/c1-14(2)6-8-15(11-16,9-7-14)19-12-5-3-4-10-17-13(12)18/h12H,3-11,16H2,1-2H3,(H,17,18). The Hall–Kier alpha value is -0.610. The maximum absolute atomic E-state index is 12.0. The highest BCUT2D eigenvalue weighted by Crippen LogP contribution is 2.42. The minimum Gasteiger partial charge on any atom is -0.361 e. The second kappa shape index (κ2) is 5.80. The van der Waals surface area contributed by atoms with Gasteiger partial charge in [-0.05, 0) is 50.4 Å². The zero-order valence-electron chi connectivity index (χ0n) is 12.3. The minimum absolute atomic E-state index is 0.0511. The van der Waals surface area contributed by atoms with Crippen molar-refractivity contribution in [2.45, 2.75) is 70.5 Å². The third-order valence-electron chi connectivity index (χ3n) is 4.76. The van der Waals surface area contributed by atoms with E-state index in [-0.39, 0.29) is 17.6 Å². The van der Waals surface area contributed by atoms with E-state index >= 15 is 0 Å². The van der Waals surface area contributed by atoms with Gasteiger partial charge in [0.1, 0.15) is 6.10 Å². The number of carbonyl (C=O) groups is 1. The molecule has 0 aromatic heterocycles. The maximum atomic E-state index is 12.0. The third-order valence-corrected chi connectivity index (χ3v) is 4.76. The van der Waals surface area contributed by atoms with Gasteiger partial charge in [-0.15, -0.1) is 0 Å². The molecule has 0 aromatic carbocycles. The molecule has 1 heterocycles. The number of amides is 1. The Morgan fingerprint density at radius 3 is 2.58 bits per heavy atom. The van der Waals surface area contributed by atoms with Gasteiger partial charge in [-0.25, -0.2) is 0 Å². The molecule has 3 N–H and O–H groups in total. The molecular formula is C15H28N2O2. The second-order valence-electron chi connectivity index (χ2n) is 6.94. The Bertz CT molecular complexity index is 318. The van der Waals surface area contributed by atoms with Crippen molar-refractivity contribution in [1.29, 1.82) is 0 Å². The normalized spacial score (nSPS) is 30.5. The summed E-state index contributed by atoms with van der Waals surface area (Å²) in [6.45, 7) is 5.89. The van der Waals surface area contributed by atoms with Gasteiger partial charge in [-0.2, -0.15) is 0 Å². The highest BCUT2D eigenvalue weighted by molar-refractivity contribution is 5.81. The van der Waals surface area contributed by atoms with Crippen LogP contribution in [0.5, 0.6) is 0 Å². The summed E-state index contributed by atoms with van der Waals surface area (Å²) in [5.74, 6) is 0.0511. The monoisotopic (exact) mass is 268 g/mol. The van der Waals surface area contributed by atoms with Crippen LogP contribution in [0.2, 0.25) is 0 Å². The van der Waals surface area contributed by atoms with Crippen LogP contribution in [-0.4, -0.2) is 30.7 Å². The molecule has 19 heavy (non-hydrogen) atoms. The Kier molecular flexibility index (Phi) is 4.51. The summed E-state index contributed by atoms with van der Waals surface area (Å²) in [6.07, 6.45) is 6.82. The summed E-state index contributed by atoms with van der Waals surface area (Å²) < 4.78 is 6.22. The van der Waals surface area contributed by atoms with E-state index in [0.717, 1.165) is 51.5 Å². The van der Waals surface area contributed by atoms with Crippen LogP contribution in [-0.2, 0) is 9.53 Å². The van der Waals surface area contributed by atoms with E-state index < -0.39 is 0 Å². The average Bonchev–Trinajstić information content (AvgIpc) is 2.58. The van der Waals surface area contributed by atoms with Crippen LogP contribution in [0.4, 0.5) is 0 Å². The van der Waals surface area contributed by atoms with Crippen molar-refractivity contribution in [1.82, 2.24) is 5.32 Å². The first-order valence-electron chi connectivity index (χ1n) is 7.62. The molecule has 2 rings (SSSR count). The van der Waals surface area contributed by atoms with Gasteiger partial charge in [-0.3, -0.25) is 4.79 Å². The Labute approximate surface area is 116 Å². The summed E-state index contributed by atoms with van der Waals surface area (Å²) in [5, 5.41) is 2.94. The molecule has 2 aliphatic rings. The minimum atomic E-state index is -0.299. The molecule has 0 bridgehead atoms. The van der Waals surface area contributed by atoms with Gasteiger partial charge >= 0.3 is 0 Å². The van der Waals surface area contributed by atoms with E-state index in [1.807, 2.05) is 0 Å². The molecule has 2 fully saturated rings. The molecule has 0 aromatic rings. The van der Waals surface area contributed by atoms with Gasteiger partial charge in [0.25, 0.3) is 0 Å². The fourth-order valence-corrected chi connectivity index (χ4v) is 3.08. The number of nitrogens with one attached hydrogen (secondary N) is 1. The second-order valence-corrected chi connectivity index (χ2v) is 6.94. The van der Waals surface area contributed by atoms with E-state index in [4.69, 9.17) is 10.5 Å².